The van der Waals surface area contributed by atoms with Gasteiger partial charge in [-0.2, -0.15) is 0 Å². The Kier molecular flexibility index (Phi) is 13.0. The molecule has 0 N–H and O–H groups in total. The summed E-state index contributed by atoms with van der Waals surface area (Å²) in [6.07, 6.45) is 17.2. The Hall–Kier alpha value is -0.260. The van der Waals surface area contributed by atoms with E-state index >= 15 is 0 Å². The Balaban J connectivity index is 3.10. The number of hydrogen-bond donors (Lipinski definition) is 0. The van der Waals surface area contributed by atoms with Crippen molar-refractivity contribution in [3.05, 3.63) is 11.1 Å². The Bertz CT molecular complexity index is 196. The van der Waals surface area contributed by atoms with Crippen molar-refractivity contribution in [3.63, 3.8) is 0 Å². The van der Waals surface area contributed by atoms with E-state index in [4.69, 9.17) is 0 Å². The van der Waals surface area contributed by atoms with Gasteiger partial charge < -0.3 is 0 Å². The summed E-state index contributed by atoms with van der Waals surface area (Å²) in [6.45, 7) is 9.03. The zero-order valence-corrected chi connectivity index (χ0v) is 13.5. The third kappa shape index (κ3) is 12.2. The van der Waals surface area contributed by atoms with Crippen molar-refractivity contribution in [2.75, 3.05) is 0 Å². The number of unbranched alkanes of at least 4 members (excludes halogenated alkanes) is 10. The van der Waals surface area contributed by atoms with Gasteiger partial charge >= 0.3 is 0 Å². The molecular weight excluding hydrogens is 216 g/mol. The Morgan fingerprint density at radius 3 is 1.33 bits per heavy atom. The zero-order valence-electron chi connectivity index (χ0n) is 13.5. The fourth-order valence-electron chi connectivity index (χ4n) is 2.30. The first-order chi connectivity index (χ1) is 8.68. The van der Waals surface area contributed by atoms with Gasteiger partial charge in [0.15, 0.2) is 0 Å². The summed E-state index contributed by atoms with van der Waals surface area (Å²) in [7, 11) is 0. The lowest BCUT2D eigenvalue weighted by Gasteiger charge is -2.04. The largest absolute Gasteiger partial charge is 0.0775 e. The predicted octanol–water partition coefficient (Wildman–Crippen LogP) is 7.04. The van der Waals surface area contributed by atoms with Gasteiger partial charge in [0.25, 0.3) is 0 Å². The molecule has 0 radical (unpaired) electrons. The van der Waals surface area contributed by atoms with Crippen molar-refractivity contribution in [2.24, 2.45) is 0 Å². The quantitative estimate of drug-likeness (QED) is 0.258. The molecule has 0 unspecified atom stereocenters. The second-order valence-corrected chi connectivity index (χ2v) is 6.07. The Morgan fingerprint density at radius 1 is 0.556 bits per heavy atom. The van der Waals surface area contributed by atoms with Crippen LogP contribution in [0.15, 0.2) is 11.1 Å². The molecule has 0 spiro atoms. The second-order valence-electron chi connectivity index (χ2n) is 6.07. The van der Waals surface area contributed by atoms with E-state index < -0.39 is 0 Å². The van der Waals surface area contributed by atoms with Crippen LogP contribution in [0, 0.1) is 0 Å². The summed E-state index contributed by atoms with van der Waals surface area (Å²) >= 11 is 0. The van der Waals surface area contributed by atoms with Crippen LogP contribution in [0.25, 0.3) is 0 Å². The molecule has 18 heavy (non-hydrogen) atoms. The van der Waals surface area contributed by atoms with E-state index in [0.717, 1.165) is 0 Å². The smallest absolute Gasteiger partial charge is 0.0321 e. The van der Waals surface area contributed by atoms with E-state index in [9.17, 15) is 0 Å². The van der Waals surface area contributed by atoms with E-state index in [1.807, 2.05) is 0 Å². The maximum absolute atomic E-state index is 2.29. The highest BCUT2D eigenvalue weighted by Gasteiger charge is 1.95. The monoisotopic (exact) mass is 252 g/mol. The van der Waals surface area contributed by atoms with Gasteiger partial charge in [-0.25, -0.2) is 0 Å². The highest BCUT2D eigenvalue weighted by atomic mass is 14.0. The van der Waals surface area contributed by atoms with E-state index in [-0.39, 0.29) is 0 Å². The van der Waals surface area contributed by atoms with Crippen molar-refractivity contribution >= 4 is 0 Å². The molecule has 0 aliphatic rings. The van der Waals surface area contributed by atoms with Crippen molar-refractivity contribution < 1.29 is 0 Å². The summed E-state index contributed by atoms with van der Waals surface area (Å²) < 4.78 is 0. The second kappa shape index (κ2) is 13.2. The average molecular weight is 252 g/mol. The molecule has 0 atom stereocenters. The lowest BCUT2D eigenvalue weighted by Crippen LogP contribution is -1.84. The van der Waals surface area contributed by atoms with Gasteiger partial charge in [0.1, 0.15) is 0 Å². The van der Waals surface area contributed by atoms with Gasteiger partial charge in [-0.3, -0.25) is 0 Å². The molecule has 0 aromatic heterocycles. The molecule has 0 aromatic rings. The first-order valence-corrected chi connectivity index (χ1v) is 8.31. The van der Waals surface area contributed by atoms with E-state index in [2.05, 4.69) is 27.7 Å². The van der Waals surface area contributed by atoms with Crippen LogP contribution >= 0.6 is 0 Å². The van der Waals surface area contributed by atoms with Crippen LogP contribution < -0.4 is 0 Å². The molecule has 0 bridgehead atoms. The molecular formula is C18H36. The minimum absolute atomic E-state index is 1.32. The number of rotatable bonds is 12. The van der Waals surface area contributed by atoms with Gasteiger partial charge in [0.05, 0.1) is 0 Å². The fourth-order valence-corrected chi connectivity index (χ4v) is 2.30. The van der Waals surface area contributed by atoms with Crippen LogP contribution in [0.2, 0.25) is 0 Å². The van der Waals surface area contributed by atoms with Crippen molar-refractivity contribution in [3.8, 4) is 0 Å². The fraction of sp³-hybridized carbons (Fsp3) is 0.889. The van der Waals surface area contributed by atoms with Crippen LogP contribution in [-0.2, 0) is 0 Å². The SMILES string of the molecule is CCCCCCCCCCCCCC(C)=C(C)C. The van der Waals surface area contributed by atoms with Gasteiger partial charge in [-0.1, -0.05) is 82.3 Å². The topological polar surface area (TPSA) is 0 Å². The number of allylic oxidation sites excluding steroid dienone is 2. The van der Waals surface area contributed by atoms with E-state index in [1.165, 1.54) is 82.6 Å². The first kappa shape index (κ1) is 17.7. The minimum Gasteiger partial charge on any atom is -0.0775 e. The molecule has 0 heterocycles. The van der Waals surface area contributed by atoms with Gasteiger partial charge in [0, 0.05) is 0 Å². The zero-order chi connectivity index (χ0) is 13.6. The minimum atomic E-state index is 1.32. The van der Waals surface area contributed by atoms with Crippen LogP contribution in [0.5, 0.6) is 0 Å². The van der Waals surface area contributed by atoms with Crippen molar-refractivity contribution in [1.82, 2.24) is 0 Å². The standard InChI is InChI=1S/C18H36/c1-5-6-7-8-9-10-11-12-13-14-15-16-18(4)17(2)3/h5-16H2,1-4H3. The highest BCUT2D eigenvalue weighted by molar-refractivity contribution is 5.06. The van der Waals surface area contributed by atoms with Gasteiger partial charge in [-0.15, -0.1) is 0 Å². The molecule has 0 aliphatic carbocycles. The van der Waals surface area contributed by atoms with E-state index in [0.29, 0.717) is 0 Å². The van der Waals surface area contributed by atoms with Crippen LogP contribution in [0.4, 0.5) is 0 Å². The van der Waals surface area contributed by atoms with Crippen molar-refractivity contribution in [1.29, 1.82) is 0 Å². The molecule has 0 saturated heterocycles. The molecule has 0 saturated carbocycles. The van der Waals surface area contributed by atoms with E-state index in [1.54, 1.807) is 5.57 Å². The van der Waals surface area contributed by atoms with Crippen LogP contribution in [-0.4, -0.2) is 0 Å². The Labute approximate surface area is 116 Å². The van der Waals surface area contributed by atoms with Gasteiger partial charge in [-0.05, 0) is 33.6 Å². The molecule has 0 amide bonds. The van der Waals surface area contributed by atoms with Crippen LogP contribution in [0.3, 0.4) is 0 Å². The number of hydrogen-bond acceptors (Lipinski definition) is 0. The summed E-state index contributed by atoms with van der Waals surface area (Å²) in [5.41, 5.74) is 3.12. The molecule has 0 fully saturated rings. The predicted molar refractivity (Wildman–Crippen MR) is 85.1 cm³/mol. The molecule has 0 aliphatic heterocycles. The molecule has 0 aromatic carbocycles. The maximum Gasteiger partial charge on any atom is -0.0321 e. The third-order valence-electron chi connectivity index (χ3n) is 4.01. The maximum atomic E-state index is 2.29. The lowest BCUT2D eigenvalue weighted by molar-refractivity contribution is 0.549. The first-order valence-electron chi connectivity index (χ1n) is 8.31. The highest BCUT2D eigenvalue weighted by Crippen LogP contribution is 2.15. The summed E-state index contributed by atoms with van der Waals surface area (Å²) in [5, 5.41) is 0. The molecule has 108 valence electrons. The molecule has 0 nitrogen and oxygen atoms in total. The molecule has 0 heteroatoms. The normalized spacial score (nSPS) is 10.7. The Morgan fingerprint density at radius 2 is 0.944 bits per heavy atom. The molecule has 0 rings (SSSR count). The summed E-state index contributed by atoms with van der Waals surface area (Å²) in [6, 6.07) is 0. The van der Waals surface area contributed by atoms with Crippen molar-refractivity contribution in [2.45, 2.75) is 105 Å². The third-order valence-corrected chi connectivity index (χ3v) is 4.01. The average Bonchev–Trinajstić information content (AvgIpc) is 2.35. The van der Waals surface area contributed by atoms with Gasteiger partial charge in [0.2, 0.25) is 0 Å². The van der Waals surface area contributed by atoms with Crippen LogP contribution in [0.1, 0.15) is 105 Å². The lowest BCUT2D eigenvalue weighted by atomic mass is 10.0. The summed E-state index contributed by atoms with van der Waals surface area (Å²) in [4.78, 5) is 0. The summed E-state index contributed by atoms with van der Waals surface area (Å²) in [5.74, 6) is 0.